The number of unbranched alkanes of at least 4 members (excludes halogenated alkanes) is 1. The Bertz CT molecular complexity index is 404. The second kappa shape index (κ2) is 8.95. The van der Waals surface area contributed by atoms with Gasteiger partial charge in [-0.25, -0.2) is 4.98 Å². The van der Waals surface area contributed by atoms with Gasteiger partial charge in [-0.3, -0.25) is 4.99 Å². The molecule has 0 aliphatic heterocycles. The number of hydrogen-bond acceptors (Lipinski definition) is 3. The van der Waals surface area contributed by atoms with E-state index >= 15 is 0 Å². The lowest BCUT2D eigenvalue weighted by Gasteiger charge is -2.11. The Balaban J connectivity index is 2.23. The SMILES string of the molecule is CN=C(NCCCCC(C)C)NCc1nc(C)c(C)s1. The Labute approximate surface area is 127 Å². The fourth-order valence-electron chi connectivity index (χ4n) is 1.88. The molecule has 0 bridgehead atoms. The van der Waals surface area contributed by atoms with Crippen LogP contribution in [-0.2, 0) is 6.54 Å². The lowest BCUT2D eigenvalue weighted by molar-refractivity contribution is 0.534. The number of aryl methyl sites for hydroxylation is 2. The highest BCUT2D eigenvalue weighted by atomic mass is 32.1. The molecule has 0 atom stereocenters. The highest BCUT2D eigenvalue weighted by molar-refractivity contribution is 7.11. The zero-order valence-electron chi connectivity index (χ0n) is 13.4. The Morgan fingerprint density at radius 1 is 1.25 bits per heavy atom. The van der Waals surface area contributed by atoms with Gasteiger partial charge in [-0.15, -0.1) is 11.3 Å². The summed E-state index contributed by atoms with van der Waals surface area (Å²) in [5, 5.41) is 7.78. The third-order valence-electron chi connectivity index (χ3n) is 3.20. The normalized spacial score (nSPS) is 12.0. The zero-order chi connectivity index (χ0) is 15.0. The van der Waals surface area contributed by atoms with Crippen LogP contribution in [0.5, 0.6) is 0 Å². The van der Waals surface area contributed by atoms with Gasteiger partial charge in [-0.05, 0) is 26.2 Å². The topological polar surface area (TPSA) is 49.3 Å². The highest BCUT2D eigenvalue weighted by Gasteiger charge is 2.04. The number of thiazole rings is 1. The summed E-state index contributed by atoms with van der Waals surface area (Å²) >= 11 is 1.75. The van der Waals surface area contributed by atoms with E-state index in [2.05, 4.69) is 48.3 Å². The first-order chi connectivity index (χ1) is 9.52. The lowest BCUT2D eigenvalue weighted by atomic mass is 10.1. The van der Waals surface area contributed by atoms with Gasteiger partial charge in [0.05, 0.1) is 12.2 Å². The van der Waals surface area contributed by atoms with Crippen molar-refractivity contribution < 1.29 is 0 Å². The van der Waals surface area contributed by atoms with Gasteiger partial charge in [0, 0.05) is 18.5 Å². The van der Waals surface area contributed by atoms with Gasteiger partial charge in [0.25, 0.3) is 0 Å². The van der Waals surface area contributed by atoms with E-state index in [9.17, 15) is 0 Å². The van der Waals surface area contributed by atoms with E-state index in [0.29, 0.717) is 0 Å². The summed E-state index contributed by atoms with van der Waals surface area (Å²) in [6.07, 6.45) is 3.76. The standard InChI is InChI=1S/C15H28N4S/c1-11(2)8-6-7-9-17-15(16-5)18-10-14-19-12(3)13(4)20-14/h11H,6-10H2,1-5H3,(H2,16,17,18). The summed E-state index contributed by atoms with van der Waals surface area (Å²) in [6.45, 7) is 10.4. The molecular formula is C15H28N4S. The Kier molecular flexibility index (Phi) is 7.59. The second-order valence-corrected chi connectivity index (χ2v) is 6.78. The summed E-state index contributed by atoms with van der Waals surface area (Å²) in [4.78, 5) is 10.0. The van der Waals surface area contributed by atoms with Crippen LogP contribution in [0.3, 0.4) is 0 Å². The van der Waals surface area contributed by atoms with Crippen LogP contribution in [0.2, 0.25) is 0 Å². The van der Waals surface area contributed by atoms with Crippen molar-refractivity contribution in [2.45, 2.75) is 53.5 Å². The minimum absolute atomic E-state index is 0.741. The summed E-state index contributed by atoms with van der Waals surface area (Å²) < 4.78 is 0. The van der Waals surface area contributed by atoms with Crippen LogP contribution in [0.4, 0.5) is 0 Å². The molecule has 0 saturated heterocycles. The molecule has 2 N–H and O–H groups in total. The van der Waals surface area contributed by atoms with E-state index in [1.807, 2.05) is 7.05 Å². The van der Waals surface area contributed by atoms with Gasteiger partial charge < -0.3 is 10.6 Å². The number of guanidine groups is 1. The molecule has 1 aromatic heterocycles. The molecule has 0 unspecified atom stereocenters. The van der Waals surface area contributed by atoms with E-state index in [4.69, 9.17) is 0 Å². The molecule has 5 heteroatoms. The van der Waals surface area contributed by atoms with E-state index in [1.54, 1.807) is 11.3 Å². The number of nitrogens with zero attached hydrogens (tertiary/aromatic N) is 2. The van der Waals surface area contributed by atoms with Crippen LogP contribution in [0.25, 0.3) is 0 Å². The molecule has 114 valence electrons. The maximum atomic E-state index is 4.52. The van der Waals surface area contributed by atoms with Gasteiger partial charge in [0.15, 0.2) is 5.96 Å². The molecule has 0 aliphatic rings. The third kappa shape index (κ3) is 6.37. The molecule has 1 rings (SSSR count). The fourth-order valence-corrected chi connectivity index (χ4v) is 2.75. The molecule has 0 aromatic carbocycles. The summed E-state index contributed by atoms with van der Waals surface area (Å²) in [7, 11) is 1.81. The lowest BCUT2D eigenvalue weighted by Crippen LogP contribution is -2.37. The molecule has 0 amide bonds. The Morgan fingerprint density at radius 3 is 2.55 bits per heavy atom. The van der Waals surface area contributed by atoms with Crippen molar-refractivity contribution in [3.63, 3.8) is 0 Å². The largest absolute Gasteiger partial charge is 0.356 e. The summed E-state index contributed by atoms with van der Waals surface area (Å²) in [6, 6.07) is 0. The van der Waals surface area contributed by atoms with Gasteiger partial charge in [-0.1, -0.05) is 26.7 Å². The van der Waals surface area contributed by atoms with Crippen molar-refractivity contribution in [3.05, 3.63) is 15.6 Å². The van der Waals surface area contributed by atoms with Crippen molar-refractivity contribution in [2.24, 2.45) is 10.9 Å². The van der Waals surface area contributed by atoms with Crippen molar-refractivity contribution in [1.29, 1.82) is 0 Å². The predicted octanol–water partition coefficient (Wildman–Crippen LogP) is 3.25. The van der Waals surface area contributed by atoms with Gasteiger partial charge in [0.1, 0.15) is 5.01 Å². The number of aromatic nitrogens is 1. The Morgan fingerprint density at radius 2 is 2.00 bits per heavy atom. The smallest absolute Gasteiger partial charge is 0.191 e. The summed E-state index contributed by atoms with van der Waals surface area (Å²) in [5.41, 5.74) is 1.13. The van der Waals surface area contributed by atoms with E-state index in [-0.39, 0.29) is 0 Å². The molecule has 0 fully saturated rings. The molecular weight excluding hydrogens is 268 g/mol. The van der Waals surface area contributed by atoms with Gasteiger partial charge >= 0.3 is 0 Å². The van der Waals surface area contributed by atoms with E-state index in [1.165, 1.54) is 24.1 Å². The molecule has 0 aliphatic carbocycles. The van der Waals surface area contributed by atoms with Crippen LogP contribution < -0.4 is 10.6 Å². The van der Waals surface area contributed by atoms with Crippen molar-refractivity contribution >= 4 is 17.3 Å². The molecule has 0 saturated carbocycles. The van der Waals surface area contributed by atoms with Crippen LogP contribution in [0.1, 0.15) is 48.7 Å². The highest BCUT2D eigenvalue weighted by Crippen LogP contribution is 2.15. The van der Waals surface area contributed by atoms with E-state index < -0.39 is 0 Å². The predicted molar refractivity (Wildman–Crippen MR) is 88.5 cm³/mol. The van der Waals surface area contributed by atoms with Crippen LogP contribution in [-0.4, -0.2) is 24.5 Å². The first-order valence-corrected chi connectivity index (χ1v) is 8.22. The van der Waals surface area contributed by atoms with Gasteiger partial charge in [0.2, 0.25) is 0 Å². The first-order valence-electron chi connectivity index (χ1n) is 7.40. The van der Waals surface area contributed by atoms with Crippen LogP contribution in [0, 0.1) is 19.8 Å². The number of nitrogens with one attached hydrogen (secondary N) is 2. The second-order valence-electron chi connectivity index (χ2n) is 5.49. The number of hydrogen-bond donors (Lipinski definition) is 2. The molecule has 4 nitrogen and oxygen atoms in total. The van der Waals surface area contributed by atoms with Crippen molar-refractivity contribution in [2.75, 3.05) is 13.6 Å². The zero-order valence-corrected chi connectivity index (χ0v) is 14.2. The minimum Gasteiger partial charge on any atom is -0.356 e. The number of aliphatic imine (C=N–C) groups is 1. The quantitative estimate of drug-likeness (QED) is 0.461. The van der Waals surface area contributed by atoms with Gasteiger partial charge in [-0.2, -0.15) is 0 Å². The van der Waals surface area contributed by atoms with Crippen molar-refractivity contribution in [1.82, 2.24) is 15.6 Å². The van der Waals surface area contributed by atoms with Crippen LogP contribution >= 0.6 is 11.3 Å². The maximum absolute atomic E-state index is 4.52. The fraction of sp³-hybridized carbons (Fsp3) is 0.733. The molecule has 0 spiro atoms. The Hall–Kier alpha value is -1.10. The van der Waals surface area contributed by atoms with E-state index in [0.717, 1.165) is 35.7 Å². The average Bonchev–Trinajstić information content (AvgIpc) is 2.71. The molecule has 0 radical (unpaired) electrons. The monoisotopic (exact) mass is 296 g/mol. The molecule has 1 heterocycles. The van der Waals surface area contributed by atoms with Crippen LogP contribution in [0.15, 0.2) is 4.99 Å². The molecule has 20 heavy (non-hydrogen) atoms. The number of rotatable bonds is 7. The molecule has 1 aromatic rings. The summed E-state index contributed by atoms with van der Waals surface area (Å²) in [5.74, 6) is 1.66. The first kappa shape index (κ1) is 17.0. The van der Waals surface area contributed by atoms with Crippen molar-refractivity contribution in [3.8, 4) is 0 Å². The average molecular weight is 296 g/mol. The third-order valence-corrected chi connectivity index (χ3v) is 4.28. The maximum Gasteiger partial charge on any atom is 0.191 e. The minimum atomic E-state index is 0.741.